The topological polar surface area (TPSA) is 68.0 Å². The van der Waals surface area contributed by atoms with Crippen LogP contribution in [0.15, 0.2) is 24.5 Å². The first-order valence-corrected chi connectivity index (χ1v) is 3.50. The first-order valence-electron chi connectivity index (χ1n) is 3.50. The Bertz CT molecular complexity index is 223. The summed E-state index contributed by atoms with van der Waals surface area (Å²) in [4.78, 5) is 14.1. The second kappa shape index (κ2) is 6.30. The van der Waals surface area contributed by atoms with Gasteiger partial charge in [0.2, 0.25) is 5.91 Å². The van der Waals surface area contributed by atoms with Gasteiger partial charge in [0.1, 0.15) is 0 Å². The van der Waals surface area contributed by atoms with Crippen LogP contribution in [0.25, 0.3) is 0 Å². The molecule has 4 nitrogen and oxygen atoms in total. The fourth-order valence-corrected chi connectivity index (χ4v) is 0.509. The van der Waals surface area contributed by atoms with E-state index in [-0.39, 0.29) is 0 Å². The lowest BCUT2D eigenvalue weighted by molar-refractivity contribution is 0.1000. The SMILES string of the molecule is CNC.NC(=O)c1cccnc1. The van der Waals surface area contributed by atoms with Crippen LogP contribution in [0.4, 0.5) is 0 Å². The van der Waals surface area contributed by atoms with E-state index in [1.54, 1.807) is 18.3 Å². The number of nitrogens with two attached hydrogens (primary N) is 1. The van der Waals surface area contributed by atoms with E-state index in [9.17, 15) is 4.79 Å². The number of carbonyl (C=O) groups excluding carboxylic acids is 1. The van der Waals surface area contributed by atoms with Gasteiger partial charge in [0.15, 0.2) is 0 Å². The Labute approximate surface area is 71.8 Å². The van der Waals surface area contributed by atoms with Gasteiger partial charge < -0.3 is 11.1 Å². The molecule has 1 rings (SSSR count). The zero-order chi connectivity index (χ0) is 9.40. The summed E-state index contributed by atoms with van der Waals surface area (Å²) in [5.74, 6) is -0.442. The molecule has 12 heavy (non-hydrogen) atoms. The Morgan fingerprint density at radius 2 is 2.17 bits per heavy atom. The van der Waals surface area contributed by atoms with Crippen LogP contribution >= 0.6 is 0 Å². The Balaban J connectivity index is 0.000000354. The lowest BCUT2D eigenvalue weighted by atomic mass is 10.3. The third kappa shape index (κ3) is 4.40. The molecule has 0 unspecified atom stereocenters. The van der Waals surface area contributed by atoms with Gasteiger partial charge >= 0.3 is 0 Å². The molecule has 0 spiro atoms. The second-order valence-corrected chi connectivity index (χ2v) is 2.11. The molecule has 0 aliphatic rings. The molecule has 0 bridgehead atoms. The van der Waals surface area contributed by atoms with E-state index in [0.717, 1.165) is 0 Å². The highest BCUT2D eigenvalue weighted by Crippen LogP contribution is 1.91. The molecular weight excluding hydrogens is 154 g/mol. The fourth-order valence-electron chi connectivity index (χ4n) is 0.509. The van der Waals surface area contributed by atoms with Crippen molar-refractivity contribution in [3.05, 3.63) is 30.1 Å². The summed E-state index contributed by atoms with van der Waals surface area (Å²) in [7, 11) is 3.75. The number of pyridine rings is 1. The Kier molecular flexibility index (Phi) is 5.55. The van der Waals surface area contributed by atoms with E-state index < -0.39 is 5.91 Å². The molecule has 66 valence electrons. The summed E-state index contributed by atoms with van der Waals surface area (Å²) in [6.45, 7) is 0. The molecule has 0 aromatic carbocycles. The number of nitrogens with zero attached hydrogens (tertiary/aromatic N) is 1. The van der Waals surface area contributed by atoms with Gasteiger partial charge in [-0.2, -0.15) is 0 Å². The van der Waals surface area contributed by atoms with Crippen molar-refractivity contribution in [3.63, 3.8) is 0 Å². The molecule has 1 aromatic heterocycles. The molecule has 3 N–H and O–H groups in total. The maximum atomic E-state index is 10.4. The number of carbonyl (C=O) groups is 1. The molecule has 0 atom stereocenters. The Morgan fingerprint density at radius 1 is 1.58 bits per heavy atom. The molecule has 0 radical (unpaired) electrons. The van der Waals surface area contributed by atoms with Gasteiger partial charge in [-0.25, -0.2) is 0 Å². The summed E-state index contributed by atoms with van der Waals surface area (Å²) in [5.41, 5.74) is 5.38. The van der Waals surface area contributed by atoms with Gasteiger partial charge in [0.25, 0.3) is 0 Å². The van der Waals surface area contributed by atoms with Crippen LogP contribution in [0.1, 0.15) is 10.4 Å². The summed E-state index contributed by atoms with van der Waals surface area (Å²) in [6.07, 6.45) is 3.02. The zero-order valence-electron chi connectivity index (χ0n) is 7.24. The Morgan fingerprint density at radius 3 is 2.42 bits per heavy atom. The van der Waals surface area contributed by atoms with Crippen molar-refractivity contribution in [2.75, 3.05) is 14.1 Å². The van der Waals surface area contributed by atoms with E-state index in [4.69, 9.17) is 5.73 Å². The van der Waals surface area contributed by atoms with Gasteiger partial charge in [0, 0.05) is 12.4 Å². The van der Waals surface area contributed by atoms with Crippen LogP contribution in [-0.4, -0.2) is 25.0 Å². The number of primary amides is 1. The minimum atomic E-state index is -0.442. The minimum absolute atomic E-state index is 0.442. The van der Waals surface area contributed by atoms with Gasteiger partial charge in [-0.1, -0.05) is 0 Å². The van der Waals surface area contributed by atoms with Gasteiger partial charge in [0.05, 0.1) is 5.56 Å². The smallest absolute Gasteiger partial charge is 0.250 e. The van der Waals surface area contributed by atoms with Crippen molar-refractivity contribution in [2.45, 2.75) is 0 Å². The normalized spacial score (nSPS) is 8.17. The molecule has 0 aliphatic heterocycles. The standard InChI is InChI=1S/C6H6N2O.C2H7N/c7-6(9)5-2-1-3-8-4-5;1-3-2/h1-4H,(H2,7,9);3H,1-2H3. The number of aromatic nitrogens is 1. The van der Waals surface area contributed by atoms with E-state index in [0.29, 0.717) is 5.56 Å². The molecule has 1 aromatic rings. The lowest BCUT2D eigenvalue weighted by Crippen LogP contribution is -2.10. The summed E-state index contributed by atoms with van der Waals surface area (Å²) >= 11 is 0. The first kappa shape index (κ1) is 10.6. The van der Waals surface area contributed by atoms with Gasteiger partial charge in [-0.15, -0.1) is 0 Å². The predicted octanol–water partition coefficient (Wildman–Crippen LogP) is 0.0161. The van der Waals surface area contributed by atoms with Crippen molar-refractivity contribution in [2.24, 2.45) is 5.73 Å². The van der Waals surface area contributed by atoms with E-state index in [1.165, 1.54) is 6.20 Å². The average molecular weight is 167 g/mol. The van der Waals surface area contributed by atoms with Crippen LogP contribution in [0.2, 0.25) is 0 Å². The average Bonchev–Trinajstić information content (AvgIpc) is 2.07. The third-order valence-corrected chi connectivity index (χ3v) is 0.946. The first-order chi connectivity index (χ1) is 5.72. The predicted molar refractivity (Wildman–Crippen MR) is 47.7 cm³/mol. The number of hydrogen-bond acceptors (Lipinski definition) is 3. The number of nitrogens with one attached hydrogen (secondary N) is 1. The summed E-state index contributed by atoms with van der Waals surface area (Å²) in [5, 5.41) is 2.75. The molecule has 0 aliphatic carbocycles. The van der Waals surface area contributed by atoms with Crippen molar-refractivity contribution < 1.29 is 4.79 Å². The molecule has 0 saturated carbocycles. The van der Waals surface area contributed by atoms with E-state index >= 15 is 0 Å². The molecule has 0 fully saturated rings. The van der Waals surface area contributed by atoms with E-state index in [1.807, 2.05) is 14.1 Å². The number of rotatable bonds is 1. The van der Waals surface area contributed by atoms with Crippen LogP contribution in [0, 0.1) is 0 Å². The molecule has 0 saturated heterocycles. The van der Waals surface area contributed by atoms with Crippen molar-refractivity contribution in [3.8, 4) is 0 Å². The van der Waals surface area contributed by atoms with Crippen molar-refractivity contribution in [1.82, 2.24) is 10.3 Å². The summed E-state index contributed by atoms with van der Waals surface area (Å²) < 4.78 is 0. The third-order valence-electron chi connectivity index (χ3n) is 0.946. The van der Waals surface area contributed by atoms with E-state index in [2.05, 4.69) is 10.3 Å². The van der Waals surface area contributed by atoms with Crippen LogP contribution in [-0.2, 0) is 0 Å². The number of amides is 1. The fraction of sp³-hybridized carbons (Fsp3) is 0.250. The van der Waals surface area contributed by atoms with Crippen molar-refractivity contribution >= 4 is 5.91 Å². The molecule has 1 heterocycles. The largest absolute Gasteiger partial charge is 0.366 e. The highest BCUT2D eigenvalue weighted by Gasteiger charge is 1.94. The van der Waals surface area contributed by atoms with Gasteiger partial charge in [-0.05, 0) is 26.2 Å². The quantitative estimate of drug-likeness (QED) is 0.619. The highest BCUT2D eigenvalue weighted by molar-refractivity contribution is 5.92. The molecular formula is C8H13N3O. The maximum absolute atomic E-state index is 10.4. The van der Waals surface area contributed by atoms with Gasteiger partial charge in [-0.3, -0.25) is 9.78 Å². The van der Waals surface area contributed by atoms with Crippen LogP contribution < -0.4 is 11.1 Å². The summed E-state index contributed by atoms with van der Waals surface area (Å²) in [6, 6.07) is 3.29. The van der Waals surface area contributed by atoms with Crippen molar-refractivity contribution in [1.29, 1.82) is 0 Å². The lowest BCUT2D eigenvalue weighted by Gasteiger charge is -1.88. The Hall–Kier alpha value is -1.42. The van der Waals surface area contributed by atoms with Crippen LogP contribution in [0.5, 0.6) is 0 Å². The monoisotopic (exact) mass is 167 g/mol. The molecule has 1 amide bonds. The molecule has 4 heteroatoms. The number of hydrogen-bond donors (Lipinski definition) is 2. The minimum Gasteiger partial charge on any atom is -0.366 e. The zero-order valence-corrected chi connectivity index (χ0v) is 7.24. The van der Waals surface area contributed by atoms with Crippen LogP contribution in [0.3, 0.4) is 0 Å². The second-order valence-electron chi connectivity index (χ2n) is 2.11. The maximum Gasteiger partial charge on any atom is 0.250 e. The highest BCUT2D eigenvalue weighted by atomic mass is 16.1.